The maximum absolute atomic E-state index is 13.2. The number of methoxy groups -OCH3 is 1. The average molecular weight is 322 g/mol. The van der Waals surface area contributed by atoms with Gasteiger partial charge in [0.05, 0.1) is 12.0 Å². The fraction of sp³-hybridized carbons (Fsp3) is 0.529. The molecule has 0 saturated carbocycles. The molecule has 126 valence electrons. The number of hydrogen-bond donors (Lipinski definition) is 1. The zero-order valence-corrected chi connectivity index (χ0v) is 13.5. The van der Waals surface area contributed by atoms with E-state index in [1.165, 1.54) is 12.1 Å². The summed E-state index contributed by atoms with van der Waals surface area (Å²) in [4.78, 5) is 26.1. The summed E-state index contributed by atoms with van der Waals surface area (Å²) in [5.41, 5.74) is 0.777. The van der Waals surface area contributed by atoms with E-state index in [1.807, 2.05) is 0 Å². The molecule has 0 radical (unpaired) electrons. The van der Waals surface area contributed by atoms with Crippen LogP contribution < -0.4 is 5.32 Å². The molecule has 1 saturated heterocycles. The molecule has 1 heterocycles. The number of amides is 2. The van der Waals surface area contributed by atoms with Crippen molar-refractivity contribution < 1.29 is 18.7 Å². The van der Waals surface area contributed by atoms with Crippen LogP contribution in [-0.2, 0) is 14.3 Å². The first-order chi connectivity index (χ1) is 11.0. The standard InChI is InChI=1S/C17H23FN2O3/c1-20-15(21)9-8-14(17(22)19-10-3-11-23-2)16(20)12-4-6-13(18)7-5-12/h4-7,14,16H,3,8-11H2,1-2H3,(H,19,22)/t14-,16-/m0/s1. The van der Waals surface area contributed by atoms with Crippen LogP contribution in [0.15, 0.2) is 24.3 Å². The molecule has 1 aliphatic rings. The van der Waals surface area contributed by atoms with Gasteiger partial charge in [-0.2, -0.15) is 0 Å². The molecule has 0 bridgehead atoms. The minimum absolute atomic E-state index is 0.00255. The Bertz CT molecular complexity index is 547. The Morgan fingerprint density at radius 1 is 1.39 bits per heavy atom. The van der Waals surface area contributed by atoms with Crippen molar-refractivity contribution in [2.45, 2.75) is 25.3 Å². The second-order valence-electron chi connectivity index (χ2n) is 5.78. The van der Waals surface area contributed by atoms with Gasteiger partial charge >= 0.3 is 0 Å². The van der Waals surface area contributed by atoms with Crippen molar-refractivity contribution in [3.63, 3.8) is 0 Å². The molecule has 1 aromatic rings. The van der Waals surface area contributed by atoms with Gasteiger partial charge in [0, 0.05) is 33.7 Å². The molecule has 2 rings (SSSR count). The third kappa shape index (κ3) is 4.28. The quantitative estimate of drug-likeness (QED) is 0.814. The summed E-state index contributed by atoms with van der Waals surface area (Å²) >= 11 is 0. The number of rotatable bonds is 6. The molecule has 1 aromatic carbocycles. The highest BCUT2D eigenvalue weighted by Crippen LogP contribution is 2.35. The SMILES string of the molecule is COCCCNC(=O)[C@H]1CCC(=O)N(C)[C@H]1c1ccc(F)cc1. The number of nitrogens with zero attached hydrogens (tertiary/aromatic N) is 1. The zero-order valence-electron chi connectivity index (χ0n) is 13.5. The van der Waals surface area contributed by atoms with Crippen LogP contribution in [0.5, 0.6) is 0 Å². The van der Waals surface area contributed by atoms with Crippen molar-refractivity contribution >= 4 is 11.8 Å². The number of benzene rings is 1. The van der Waals surface area contributed by atoms with Gasteiger partial charge in [-0.25, -0.2) is 4.39 Å². The first kappa shape index (κ1) is 17.4. The van der Waals surface area contributed by atoms with E-state index in [0.717, 1.165) is 12.0 Å². The van der Waals surface area contributed by atoms with E-state index in [0.29, 0.717) is 26.0 Å². The van der Waals surface area contributed by atoms with Gasteiger partial charge in [-0.1, -0.05) is 12.1 Å². The molecule has 2 atom stereocenters. The Labute approximate surface area is 135 Å². The van der Waals surface area contributed by atoms with E-state index in [2.05, 4.69) is 5.32 Å². The summed E-state index contributed by atoms with van der Waals surface area (Å²) in [6.07, 6.45) is 1.59. The van der Waals surface area contributed by atoms with Gasteiger partial charge in [0.2, 0.25) is 11.8 Å². The van der Waals surface area contributed by atoms with Crippen molar-refractivity contribution in [1.82, 2.24) is 10.2 Å². The Kier molecular flexibility index (Phi) is 6.10. The molecule has 0 aromatic heterocycles. The summed E-state index contributed by atoms with van der Waals surface area (Å²) in [6, 6.07) is 5.63. The number of piperidine rings is 1. The number of carbonyl (C=O) groups is 2. The van der Waals surface area contributed by atoms with Crippen LogP contribution in [0, 0.1) is 11.7 Å². The molecule has 0 spiro atoms. The third-order valence-electron chi connectivity index (χ3n) is 4.23. The fourth-order valence-corrected chi connectivity index (χ4v) is 2.99. The van der Waals surface area contributed by atoms with E-state index in [4.69, 9.17) is 4.74 Å². The molecule has 23 heavy (non-hydrogen) atoms. The van der Waals surface area contributed by atoms with E-state index >= 15 is 0 Å². The highest BCUT2D eigenvalue weighted by molar-refractivity contribution is 5.84. The Morgan fingerprint density at radius 3 is 2.74 bits per heavy atom. The van der Waals surface area contributed by atoms with Crippen molar-refractivity contribution in [3.8, 4) is 0 Å². The highest BCUT2D eigenvalue weighted by atomic mass is 19.1. The lowest BCUT2D eigenvalue weighted by atomic mass is 9.84. The molecule has 1 N–H and O–H groups in total. The summed E-state index contributed by atoms with van der Waals surface area (Å²) in [7, 11) is 3.31. The number of ether oxygens (including phenoxy) is 1. The lowest BCUT2D eigenvalue weighted by Gasteiger charge is -2.38. The molecule has 6 heteroatoms. The van der Waals surface area contributed by atoms with Crippen molar-refractivity contribution in [2.75, 3.05) is 27.3 Å². The lowest BCUT2D eigenvalue weighted by Crippen LogP contribution is -2.46. The first-order valence-corrected chi connectivity index (χ1v) is 7.82. The summed E-state index contributed by atoms with van der Waals surface area (Å²) in [5, 5.41) is 2.90. The third-order valence-corrected chi connectivity index (χ3v) is 4.23. The van der Waals surface area contributed by atoms with E-state index in [9.17, 15) is 14.0 Å². The van der Waals surface area contributed by atoms with Gasteiger partial charge in [0.15, 0.2) is 0 Å². The van der Waals surface area contributed by atoms with E-state index in [-0.39, 0.29) is 29.6 Å². The molecule has 1 fully saturated rings. The summed E-state index contributed by atoms with van der Waals surface area (Å²) in [6.45, 7) is 1.13. The number of hydrogen-bond acceptors (Lipinski definition) is 3. The molecule has 1 aliphatic heterocycles. The second-order valence-corrected chi connectivity index (χ2v) is 5.78. The fourth-order valence-electron chi connectivity index (χ4n) is 2.99. The number of likely N-dealkylation sites (tertiary alicyclic amines) is 1. The monoisotopic (exact) mass is 322 g/mol. The Morgan fingerprint density at radius 2 is 2.09 bits per heavy atom. The maximum Gasteiger partial charge on any atom is 0.225 e. The van der Waals surface area contributed by atoms with Gasteiger partial charge in [0.1, 0.15) is 5.82 Å². The normalized spacial score (nSPS) is 21.3. The van der Waals surface area contributed by atoms with Crippen LogP contribution in [0.3, 0.4) is 0 Å². The molecular weight excluding hydrogens is 299 g/mol. The second kappa shape index (κ2) is 8.06. The maximum atomic E-state index is 13.2. The Balaban J connectivity index is 2.13. The zero-order chi connectivity index (χ0) is 16.8. The Hall–Kier alpha value is -1.95. The number of carbonyl (C=O) groups excluding carboxylic acids is 2. The molecular formula is C17H23FN2O3. The van der Waals surface area contributed by atoms with Gasteiger partial charge in [-0.3, -0.25) is 9.59 Å². The average Bonchev–Trinajstić information content (AvgIpc) is 2.55. The van der Waals surface area contributed by atoms with Crippen molar-refractivity contribution in [2.24, 2.45) is 5.92 Å². The van der Waals surface area contributed by atoms with E-state index < -0.39 is 0 Å². The van der Waals surface area contributed by atoms with Crippen molar-refractivity contribution in [1.29, 1.82) is 0 Å². The van der Waals surface area contributed by atoms with Crippen LogP contribution in [0.4, 0.5) is 4.39 Å². The summed E-state index contributed by atoms with van der Waals surface area (Å²) in [5.74, 6) is -0.734. The predicted octanol–water partition coefficient (Wildman–Crippen LogP) is 1.89. The predicted molar refractivity (Wildman–Crippen MR) is 84.1 cm³/mol. The van der Waals surface area contributed by atoms with Crippen LogP contribution in [0.2, 0.25) is 0 Å². The van der Waals surface area contributed by atoms with Gasteiger partial charge in [0.25, 0.3) is 0 Å². The number of halogens is 1. The summed E-state index contributed by atoms with van der Waals surface area (Å²) < 4.78 is 18.1. The van der Waals surface area contributed by atoms with Crippen LogP contribution in [0.1, 0.15) is 30.9 Å². The molecule has 0 aliphatic carbocycles. The van der Waals surface area contributed by atoms with Crippen LogP contribution in [-0.4, -0.2) is 44.0 Å². The topological polar surface area (TPSA) is 58.6 Å². The highest BCUT2D eigenvalue weighted by Gasteiger charge is 2.38. The number of nitrogens with one attached hydrogen (secondary N) is 1. The van der Waals surface area contributed by atoms with Crippen LogP contribution >= 0.6 is 0 Å². The van der Waals surface area contributed by atoms with E-state index in [1.54, 1.807) is 31.2 Å². The largest absolute Gasteiger partial charge is 0.385 e. The first-order valence-electron chi connectivity index (χ1n) is 7.82. The molecule has 0 unspecified atom stereocenters. The minimum Gasteiger partial charge on any atom is -0.385 e. The smallest absolute Gasteiger partial charge is 0.225 e. The minimum atomic E-state index is -0.362. The lowest BCUT2D eigenvalue weighted by molar-refractivity contribution is -0.141. The van der Waals surface area contributed by atoms with Gasteiger partial charge in [-0.15, -0.1) is 0 Å². The van der Waals surface area contributed by atoms with Gasteiger partial charge in [-0.05, 0) is 30.5 Å². The molecule has 2 amide bonds. The molecule has 5 nitrogen and oxygen atoms in total. The van der Waals surface area contributed by atoms with Crippen LogP contribution in [0.25, 0.3) is 0 Å². The van der Waals surface area contributed by atoms with Gasteiger partial charge < -0.3 is 15.0 Å². The van der Waals surface area contributed by atoms with Crippen molar-refractivity contribution in [3.05, 3.63) is 35.6 Å².